The summed E-state index contributed by atoms with van der Waals surface area (Å²) in [6.07, 6.45) is 0. The minimum atomic E-state index is -0.745. The maximum absolute atomic E-state index is 12.7. The number of halogens is 1. The van der Waals surface area contributed by atoms with Crippen LogP contribution in [0.2, 0.25) is 0 Å². The van der Waals surface area contributed by atoms with E-state index in [-0.39, 0.29) is 11.7 Å². The number of carbonyl (C=O) groups excluding carboxylic acids is 1. The van der Waals surface area contributed by atoms with Crippen molar-refractivity contribution in [2.24, 2.45) is 5.73 Å². The molecule has 2 rings (SSSR count). The molecule has 0 aliphatic rings. The third-order valence-corrected chi connectivity index (χ3v) is 2.83. The SMILES string of the molecule is Cc1ccc(C(N)C(=O)Nc2ccc(F)cc2)cc1. The molecule has 0 saturated carbocycles. The van der Waals surface area contributed by atoms with Crippen LogP contribution in [0.25, 0.3) is 0 Å². The van der Waals surface area contributed by atoms with E-state index in [1.165, 1.54) is 24.3 Å². The van der Waals surface area contributed by atoms with Gasteiger partial charge < -0.3 is 11.1 Å². The Kier molecular flexibility index (Phi) is 3.92. The van der Waals surface area contributed by atoms with Crippen LogP contribution in [-0.2, 0) is 4.79 Å². The summed E-state index contributed by atoms with van der Waals surface area (Å²) in [6, 6.07) is 12.3. The summed E-state index contributed by atoms with van der Waals surface area (Å²) in [4.78, 5) is 12.0. The molecule has 4 heteroatoms. The van der Waals surface area contributed by atoms with Gasteiger partial charge in [-0.25, -0.2) is 4.39 Å². The van der Waals surface area contributed by atoms with E-state index in [0.717, 1.165) is 11.1 Å². The molecule has 0 aliphatic carbocycles. The second-order valence-electron chi connectivity index (χ2n) is 4.38. The topological polar surface area (TPSA) is 55.1 Å². The lowest BCUT2D eigenvalue weighted by atomic mass is 10.1. The molecule has 0 spiro atoms. The first kappa shape index (κ1) is 13.2. The third kappa shape index (κ3) is 3.39. The number of hydrogen-bond acceptors (Lipinski definition) is 2. The molecule has 3 N–H and O–H groups in total. The lowest BCUT2D eigenvalue weighted by molar-refractivity contribution is -0.117. The Labute approximate surface area is 111 Å². The Hall–Kier alpha value is -2.20. The Bertz CT molecular complexity index is 564. The van der Waals surface area contributed by atoms with Crippen LogP contribution in [-0.4, -0.2) is 5.91 Å². The highest BCUT2D eigenvalue weighted by molar-refractivity contribution is 5.95. The number of nitrogens with one attached hydrogen (secondary N) is 1. The second kappa shape index (κ2) is 5.63. The summed E-state index contributed by atoms with van der Waals surface area (Å²) < 4.78 is 12.7. The molecular weight excluding hydrogens is 243 g/mol. The third-order valence-electron chi connectivity index (χ3n) is 2.83. The van der Waals surface area contributed by atoms with E-state index in [9.17, 15) is 9.18 Å². The largest absolute Gasteiger partial charge is 0.324 e. The molecule has 3 nitrogen and oxygen atoms in total. The molecule has 0 heterocycles. The van der Waals surface area contributed by atoms with E-state index in [1.807, 2.05) is 31.2 Å². The van der Waals surface area contributed by atoms with Crippen LogP contribution < -0.4 is 11.1 Å². The summed E-state index contributed by atoms with van der Waals surface area (Å²) in [6.45, 7) is 1.97. The van der Waals surface area contributed by atoms with Crippen LogP contribution in [0.15, 0.2) is 48.5 Å². The monoisotopic (exact) mass is 258 g/mol. The van der Waals surface area contributed by atoms with Crippen molar-refractivity contribution in [2.75, 3.05) is 5.32 Å². The van der Waals surface area contributed by atoms with Crippen LogP contribution >= 0.6 is 0 Å². The first-order chi connectivity index (χ1) is 9.06. The molecule has 1 amide bonds. The molecule has 0 saturated heterocycles. The molecular formula is C15H15FN2O. The van der Waals surface area contributed by atoms with E-state index >= 15 is 0 Å². The molecule has 2 aromatic carbocycles. The molecule has 1 unspecified atom stereocenters. The number of amides is 1. The Morgan fingerprint density at radius 3 is 2.26 bits per heavy atom. The lowest BCUT2D eigenvalue weighted by Gasteiger charge is -2.12. The highest BCUT2D eigenvalue weighted by atomic mass is 19.1. The zero-order chi connectivity index (χ0) is 13.8. The van der Waals surface area contributed by atoms with Gasteiger partial charge in [0.25, 0.3) is 0 Å². The van der Waals surface area contributed by atoms with Crippen LogP contribution in [0.3, 0.4) is 0 Å². The number of nitrogens with two attached hydrogens (primary N) is 1. The zero-order valence-electron chi connectivity index (χ0n) is 10.6. The summed E-state index contributed by atoms with van der Waals surface area (Å²) >= 11 is 0. The average molecular weight is 258 g/mol. The highest BCUT2D eigenvalue weighted by Crippen LogP contribution is 2.15. The van der Waals surface area contributed by atoms with Gasteiger partial charge in [-0.3, -0.25) is 4.79 Å². The van der Waals surface area contributed by atoms with Gasteiger partial charge in [0.1, 0.15) is 11.9 Å². The molecule has 1 atom stereocenters. The number of hydrogen-bond donors (Lipinski definition) is 2. The van der Waals surface area contributed by atoms with E-state index in [4.69, 9.17) is 5.73 Å². The van der Waals surface area contributed by atoms with Gasteiger partial charge in [-0.1, -0.05) is 29.8 Å². The fraction of sp³-hybridized carbons (Fsp3) is 0.133. The minimum absolute atomic E-state index is 0.324. The molecule has 0 aliphatic heterocycles. The number of rotatable bonds is 3. The lowest BCUT2D eigenvalue weighted by Crippen LogP contribution is -2.27. The fourth-order valence-corrected chi connectivity index (χ4v) is 1.68. The Balaban J connectivity index is 2.07. The fourth-order valence-electron chi connectivity index (χ4n) is 1.68. The summed E-state index contributed by atoms with van der Waals surface area (Å²) in [5, 5.41) is 2.65. The van der Waals surface area contributed by atoms with Gasteiger partial charge in [0.05, 0.1) is 0 Å². The number of benzene rings is 2. The van der Waals surface area contributed by atoms with Crippen LogP contribution in [0.4, 0.5) is 10.1 Å². The molecule has 2 aromatic rings. The van der Waals surface area contributed by atoms with Gasteiger partial charge in [0.15, 0.2) is 0 Å². The summed E-state index contributed by atoms with van der Waals surface area (Å²) in [7, 11) is 0. The first-order valence-electron chi connectivity index (χ1n) is 5.95. The van der Waals surface area contributed by atoms with Crippen LogP contribution in [0.1, 0.15) is 17.2 Å². The maximum Gasteiger partial charge on any atom is 0.245 e. The number of anilines is 1. The van der Waals surface area contributed by atoms with Crippen molar-refractivity contribution in [3.63, 3.8) is 0 Å². The van der Waals surface area contributed by atoms with Gasteiger partial charge in [-0.05, 0) is 36.8 Å². The maximum atomic E-state index is 12.7. The quantitative estimate of drug-likeness (QED) is 0.889. The van der Waals surface area contributed by atoms with Crippen LogP contribution in [0, 0.1) is 12.7 Å². The average Bonchev–Trinajstić information content (AvgIpc) is 2.41. The van der Waals surface area contributed by atoms with Gasteiger partial charge in [-0.2, -0.15) is 0 Å². The van der Waals surface area contributed by atoms with Crippen molar-refractivity contribution in [1.82, 2.24) is 0 Å². The number of aryl methyl sites for hydroxylation is 1. The van der Waals surface area contributed by atoms with E-state index in [0.29, 0.717) is 5.69 Å². The van der Waals surface area contributed by atoms with Crippen molar-refractivity contribution < 1.29 is 9.18 Å². The highest BCUT2D eigenvalue weighted by Gasteiger charge is 2.15. The molecule has 0 radical (unpaired) electrons. The second-order valence-corrected chi connectivity index (χ2v) is 4.38. The smallest absolute Gasteiger partial charge is 0.245 e. The zero-order valence-corrected chi connectivity index (χ0v) is 10.6. The van der Waals surface area contributed by atoms with E-state index in [2.05, 4.69) is 5.32 Å². The Morgan fingerprint density at radius 1 is 1.11 bits per heavy atom. The van der Waals surface area contributed by atoms with Gasteiger partial charge in [-0.15, -0.1) is 0 Å². The van der Waals surface area contributed by atoms with E-state index in [1.54, 1.807) is 0 Å². The standard InChI is InChI=1S/C15H15FN2O/c1-10-2-4-11(5-3-10)14(17)15(19)18-13-8-6-12(16)7-9-13/h2-9,14H,17H2,1H3,(H,18,19). The van der Waals surface area contributed by atoms with Crippen molar-refractivity contribution in [2.45, 2.75) is 13.0 Å². The normalized spacial score (nSPS) is 11.9. The molecule has 19 heavy (non-hydrogen) atoms. The number of carbonyl (C=O) groups is 1. The molecule has 98 valence electrons. The van der Waals surface area contributed by atoms with Crippen molar-refractivity contribution in [1.29, 1.82) is 0 Å². The van der Waals surface area contributed by atoms with E-state index < -0.39 is 6.04 Å². The summed E-state index contributed by atoms with van der Waals surface area (Å²) in [5.41, 5.74) is 8.25. The van der Waals surface area contributed by atoms with Crippen molar-refractivity contribution >= 4 is 11.6 Å². The molecule has 0 fully saturated rings. The van der Waals surface area contributed by atoms with Crippen molar-refractivity contribution in [3.05, 3.63) is 65.5 Å². The summed E-state index contributed by atoms with van der Waals surface area (Å²) in [5.74, 6) is -0.670. The van der Waals surface area contributed by atoms with Crippen LogP contribution in [0.5, 0.6) is 0 Å². The predicted molar refractivity (Wildman–Crippen MR) is 73.1 cm³/mol. The first-order valence-corrected chi connectivity index (χ1v) is 5.95. The molecule has 0 aromatic heterocycles. The van der Waals surface area contributed by atoms with Gasteiger partial charge in [0.2, 0.25) is 5.91 Å². The minimum Gasteiger partial charge on any atom is -0.324 e. The van der Waals surface area contributed by atoms with Crippen molar-refractivity contribution in [3.8, 4) is 0 Å². The van der Waals surface area contributed by atoms with Gasteiger partial charge >= 0.3 is 0 Å². The Morgan fingerprint density at radius 2 is 1.68 bits per heavy atom. The predicted octanol–water partition coefficient (Wildman–Crippen LogP) is 2.77. The van der Waals surface area contributed by atoms with Gasteiger partial charge in [0, 0.05) is 5.69 Å². The molecule has 0 bridgehead atoms.